The fourth-order valence-electron chi connectivity index (χ4n) is 2.57. The van der Waals surface area contributed by atoms with Gasteiger partial charge in [-0.1, -0.05) is 26.2 Å². The molecular formula is C14H26N2O3S. The molecule has 5 nitrogen and oxygen atoms in total. The number of hydrogen-bond donors (Lipinski definition) is 3. The Hall–Kier alpha value is -0.910. The summed E-state index contributed by atoms with van der Waals surface area (Å²) < 4.78 is 0. The van der Waals surface area contributed by atoms with Gasteiger partial charge in [0.2, 0.25) is 0 Å². The Labute approximate surface area is 125 Å². The maximum absolute atomic E-state index is 12.0. The molecule has 0 aromatic carbocycles. The van der Waals surface area contributed by atoms with Gasteiger partial charge in [0.1, 0.15) is 6.04 Å². The van der Waals surface area contributed by atoms with Crippen LogP contribution in [0.5, 0.6) is 0 Å². The SMILES string of the molecule is CSCC[C@H](NC(=O)NC1CCCCCC1C)C(=O)O. The quantitative estimate of drug-likeness (QED) is 0.659. The van der Waals surface area contributed by atoms with Gasteiger partial charge in [-0.15, -0.1) is 0 Å². The van der Waals surface area contributed by atoms with Gasteiger partial charge < -0.3 is 15.7 Å². The Morgan fingerprint density at radius 3 is 2.65 bits per heavy atom. The third kappa shape index (κ3) is 6.03. The van der Waals surface area contributed by atoms with Crippen LogP contribution in [-0.4, -0.2) is 41.2 Å². The number of carbonyl (C=O) groups excluding carboxylic acids is 1. The molecule has 20 heavy (non-hydrogen) atoms. The monoisotopic (exact) mass is 302 g/mol. The van der Waals surface area contributed by atoms with Crippen LogP contribution >= 0.6 is 11.8 Å². The number of carboxylic acids is 1. The average molecular weight is 302 g/mol. The average Bonchev–Trinajstić information content (AvgIpc) is 2.59. The zero-order valence-corrected chi connectivity index (χ0v) is 13.2. The Morgan fingerprint density at radius 2 is 2.00 bits per heavy atom. The van der Waals surface area contributed by atoms with Crippen molar-refractivity contribution in [1.82, 2.24) is 10.6 Å². The topological polar surface area (TPSA) is 78.4 Å². The largest absolute Gasteiger partial charge is 0.480 e. The number of hydrogen-bond acceptors (Lipinski definition) is 3. The van der Waals surface area contributed by atoms with E-state index >= 15 is 0 Å². The fraction of sp³-hybridized carbons (Fsp3) is 0.857. The molecule has 1 saturated carbocycles. The van der Waals surface area contributed by atoms with E-state index in [1.54, 1.807) is 11.8 Å². The fourth-order valence-corrected chi connectivity index (χ4v) is 3.04. The van der Waals surface area contributed by atoms with E-state index in [-0.39, 0.29) is 12.1 Å². The van der Waals surface area contributed by atoms with Gasteiger partial charge in [-0.2, -0.15) is 11.8 Å². The van der Waals surface area contributed by atoms with Crippen LogP contribution in [0.4, 0.5) is 4.79 Å². The molecule has 1 aliphatic rings. The van der Waals surface area contributed by atoms with Gasteiger partial charge in [-0.3, -0.25) is 0 Å². The lowest BCUT2D eigenvalue weighted by Crippen LogP contribution is -2.50. The van der Waals surface area contributed by atoms with Gasteiger partial charge in [0.15, 0.2) is 0 Å². The van der Waals surface area contributed by atoms with E-state index < -0.39 is 12.0 Å². The predicted octanol–water partition coefficient (Wildman–Crippen LogP) is 2.46. The van der Waals surface area contributed by atoms with Crippen molar-refractivity contribution in [3.05, 3.63) is 0 Å². The standard InChI is InChI=1S/C14H26N2O3S/c1-10-6-4-3-5-7-11(10)15-14(19)16-12(13(17)18)8-9-20-2/h10-12H,3-9H2,1-2H3,(H,17,18)(H2,15,16,19)/t10?,11?,12-/m0/s1. The summed E-state index contributed by atoms with van der Waals surface area (Å²) in [5, 5.41) is 14.6. The maximum Gasteiger partial charge on any atom is 0.326 e. The highest BCUT2D eigenvalue weighted by atomic mass is 32.2. The van der Waals surface area contributed by atoms with Crippen molar-refractivity contribution in [1.29, 1.82) is 0 Å². The van der Waals surface area contributed by atoms with Gasteiger partial charge in [0, 0.05) is 6.04 Å². The smallest absolute Gasteiger partial charge is 0.326 e. The third-order valence-electron chi connectivity index (χ3n) is 3.89. The summed E-state index contributed by atoms with van der Waals surface area (Å²) >= 11 is 1.58. The molecule has 1 rings (SSSR count). The molecule has 2 unspecified atom stereocenters. The highest BCUT2D eigenvalue weighted by molar-refractivity contribution is 7.98. The first-order valence-corrected chi connectivity index (χ1v) is 8.72. The molecule has 0 heterocycles. The van der Waals surface area contributed by atoms with Crippen LogP contribution in [0, 0.1) is 5.92 Å². The first-order valence-electron chi connectivity index (χ1n) is 7.33. The second kappa shape index (κ2) is 9.10. The number of carbonyl (C=O) groups is 2. The summed E-state index contributed by atoms with van der Waals surface area (Å²) in [6.45, 7) is 2.15. The molecule has 3 atom stereocenters. The number of urea groups is 1. The van der Waals surface area contributed by atoms with Crippen LogP contribution < -0.4 is 10.6 Å². The van der Waals surface area contributed by atoms with Gasteiger partial charge in [-0.25, -0.2) is 9.59 Å². The van der Waals surface area contributed by atoms with E-state index in [9.17, 15) is 9.59 Å². The van der Waals surface area contributed by atoms with Crippen LogP contribution in [0.15, 0.2) is 0 Å². The summed E-state index contributed by atoms with van der Waals surface area (Å²) in [7, 11) is 0. The molecule has 0 spiro atoms. The first-order chi connectivity index (χ1) is 9.54. The Kier molecular flexibility index (Phi) is 7.80. The summed E-state index contributed by atoms with van der Waals surface area (Å²) in [6, 6.07) is -0.992. The number of carboxylic acid groups (broad SMARTS) is 1. The number of rotatable bonds is 6. The van der Waals surface area contributed by atoms with Crippen molar-refractivity contribution in [2.45, 2.75) is 57.5 Å². The molecule has 116 valence electrons. The van der Waals surface area contributed by atoms with Crippen molar-refractivity contribution in [2.75, 3.05) is 12.0 Å². The van der Waals surface area contributed by atoms with E-state index in [2.05, 4.69) is 17.6 Å². The lowest BCUT2D eigenvalue weighted by molar-refractivity contribution is -0.139. The van der Waals surface area contributed by atoms with E-state index in [1.807, 2.05) is 6.26 Å². The minimum Gasteiger partial charge on any atom is -0.480 e. The molecular weight excluding hydrogens is 276 g/mol. The molecule has 0 aromatic heterocycles. The van der Waals surface area contributed by atoms with Crippen molar-refractivity contribution in [2.24, 2.45) is 5.92 Å². The van der Waals surface area contributed by atoms with E-state index in [1.165, 1.54) is 12.8 Å². The maximum atomic E-state index is 12.0. The van der Waals surface area contributed by atoms with Crippen LogP contribution in [-0.2, 0) is 4.79 Å². The molecule has 3 N–H and O–H groups in total. The Balaban J connectivity index is 2.45. The number of thioether (sulfide) groups is 1. The third-order valence-corrected chi connectivity index (χ3v) is 4.54. The lowest BCUT2D eigenvalue weighted by atomic mass is 9.97. The summed E-state index contributed by atoms with van der Waals surface area (Å²) in [4.78, 5) is 23.1. The highest BCUT2D eigenvalue weighted by Gasteiger charge is 2.24. The molecule has 1 aliphatic carbocycles. The minimum atomic E-state index is -0.969. The summed E-state index contributed by atoms with van der Waals surface area (Å²) in [6.07, 6.45) is 8.04. The van der Waals surface area contributed by atoms with Crippen LogP contribution in [0.3, 0.4) is 0 Å². The molecule has 0 radical (unpaired) electrons. The van der Waals surface area contributed by atoms with Crippen LogP contribution in [0.25, 0.3) is 0 Å². The van der Waals surface area contributed by atoms with Crippen molar-refractivity contribution in [3.8, 4) is 0 Å². The van der Waals surface area contributed by atoms with Gasteiger partial charge in [-0.05, 0) is 37.2 Å². The molecule has 2 amide bonds. The predicted molar refractivity (Wildman–Crippen MR) is 82.1 cm³/mol. The van der Waals surface area contributed by atoms with Gasteiger partial charge in [0.05, 0.1) is 0 Å². The molecule has 1 fully saturated rings. The molecule has 6 heteroatoms. The second-order valence-electron chi connectivity index (χ2n) is 5.51. The summed E-state index contributed by atoms with van der Waals surface area (Å²) in [5.41, 5.74) is 0. The molecule has 0 aliphatic heterocycles. The van der Waals surface area contributed by atoms with Crippen molar-refractivity contribution in [3.63, 3.8) is 0 Å². The minimum absolute atomic E-state index is 0.160. The Morgan fingerprint density at radius 1 is 1.30 bits per heavy atom. The molecule has 0 bridgehead atoms. The van der Waals surface area contributed by atoms with Gasteiger partial charge >= 0.3 is 12.0 Å². The number of aliphatic carboxylic acids is 1. The van der Waals surface area contributed by atoms with E-state index in [0.717, 1.165) is 25.0 Å². The highest BCUT2D eigenvalue weighted by Crippen LogP contribution is 2.22. The zero-order chi connectivity index (χ0) is 15.0. The first kappa shape index (κ1) is 17.1. The second-order valence-corrected chi connectivity index (χ2v) is 6.50. The number of nitrogens with one attached hydrogen (secondary N) is 2. The van der Waals surface area contributed by atoms with Crippen LogP contribution in [0.1, 0.15) is 45.4 Å². The normalized spacial score (nSPS) is 24.5. The van der Waals surface area contributed by atoms with E-state index in [0.29, 0.717) is 12.3 Å². The summed E-state index contributed by atoms with van der Waals surface area (Å²) in [5.74, 6) is 0.206. The van der Waals surface area contributed by atoms with E-state index in [4.69, 9.17) is 5.11 Å². The number of amides is 2. The zero-order valence-electron chi connectivity index (χ0n) is 12.4. The molecule has 0 saturated heterocycles. The molecule has 0 aromatic rings. The van der Waals surface area contributed by atoms with Crippen molar-refractivity contribution < 1.29 is 14.7 Å². The lowest BCUT2D eigenvalue weighted by Gasteiger charge is -2.24. The van der Waals surface area contributed by atoms with Gasteiger partial charge in [0.25, 0.3) is 0 Å². The van der Waals surface area contributed by atoms with Crippen molar-refractivity contribution >= 4 is 23.8 Å². The Bertz CT molecular complexity index is 326. The van der Waals surface area contributed by atoms with Crippen LogP contribution in [0.2, 0.25) is 0 Å².